The summed E-state index contributed by atoms with van der Waals surface area (Å²) in [5.74, 6) is -1.65. The second-order valence-electron chi connectivity index (χ2n) is 10.7. The van der Waals surface area contributed by atoms with E-state index in [1.807, 2.05) is 7.05 Å². The molecule has 1 aromatic heterocycles. The first kappa shape index (κ1) is 33.1. The standard InChI is InChI=1S/C31H42N6O6/c1-3-27(38)34-15-14-25(29(32)40)36-28(39)17-21-7-4-5-8-22(21)19-35-31(42)26(18-24-9-6-16-43-24)37-30(41)20-10-12-23(33-2)13-11-20/h3-9,16,20,23,25-26,33H,1,10-15,17-19H2,2H3,(H2,32,40)(H,34,38)(H,35,42)(H,36,39)(H,37,41)/t20?,23?,25-,26-/m0/s1. The number of nitrogens with two attached hydrogens (primary N) is 1. The zero-order valence-corrected chi connectivity index (χ0v) is 24.5. The first-order valence-corrected chi connectivity index (χ1v) is 14.5. The van der Waals surface area contributed by atoms with Gasteiger partial charge in [0.15, 0.2) is 0 Å². The fourth-order valence-corrected chi connectivity index (χ4v) is 5.10. The van der Waals surface area contributed by atoms with Crippen molar-refractivity contribution in [1.29, 1.82) is 0 Å². The topological polar surface area (TPSA) is 185 Å². The van der Waals surface area contributed by atoms with Crippen molar-refractivity contribution in [1.82, 2.24) is 26.6 Å². The Labute approximate surface area is 251 Å². The molecule has 1 saturated carbocycles. The SMILES string of the molecule is C=CC(=O)NCC[C@H](NC(=O)Cc1ccccc1CNC(=O)[C@H](Cc1ccco1)NC(=O)C1CCC(NC)CC1)C(N)=O. The Balaban J connectivity index is 1.60. The lowest BCUT2D eigenvalue weighted by Crippen LogP contribution is -2.50. The molecule has 2 aromatic rings. The average Bonchev–Trinajstić information content (AvgIpc) is 3.52. The monoisotopic (exact) mass is 594 g/mol. The second kappa shape index (κ2) is 16.9. The first-order valence-electron chi connectivity index (χ1n) is 14.5. The van der Waals surface area contributed by atoms with Crippen molar-refractivity contribution >= 4 is 29.5 Å². The molecule has 0 saturated heterocycles. The summed E-state index contributed by atoms with van der Waals surface area (Å²) in [5, 5.41) is 14.2. The van der Waals surface area contributed by atoms with Gasteiger partial charge in [-0.3, -0.25) is 24.0 Å². The van der Waals surface area contributed by atoms with Crippen molar-refractivity contribution in [2.75, 3.05) is 13.6 Å². The van der Waals surface area contributed by atoms with Crippen LogP contribution in [0.1, 0.15) is 49.0 Å². The zero-order valence-electron chi connectivity index (χ0n) is 24.5. The molecule has 1 heterocycles. The lowest BCUT2D eigenvalue weighted by atomic mass is 9.85. The van der Waals surface area contributed by atoms with Gasteiger partial charge in [0.1, 0.15) is 17.8 Å². The summed E-state index contributed by atoms with van der Waals surface area (Å²) >= 11 is 0. The van der Waals surface area contributed by atoms with E-state index in [4.69, 9.17) is 10.2 Å². The molecule has 1 fully saturated rings. The van der Waals surface area contributed by atoms with Crippen LogP contribution in [0.3, 0.4) is 0 Å². The molecule has 1 aliphatic carbocycles. The Kier molecular flexibility index (Phi) is 13.0. The summed E-state index contributed by atoms with van der Waals surface area (Å²) in [7, 11) is 1.92. The third-order valence-corrected chi connectivity index (χ3v) is 7.64. The summed E-state index contributed by atoms with van der Waals surface area (Å²) < 4.78 is 5.44. The summed E-state index contributed by atoms with van der Waals surface area (Å²) in [5.41, 5.74) is 6.79. The van der Waals surface area contributed by atoms with Crippen LogP contribution in [0.5, 0.6) is 0 Å². The number of rotatable bonds is 16. The number of primary amides is 1. The number of nitrogens with one attached hydrogen (secondary N) is 5. The minimum absolute atomic E-state index is 0.0588. The van der Waals surface area contributed by atoms with E-state index in [1.165, 1.54) is 6.26 Å². The number of furan rings is 1. The fraction of sp³-hybridized carbons (Fsp3) is 0.452. The molecule has 0 radical (unpaired) electrons. The maximum Gasteiger partial charge on any atom is 0.243 e. The molecule has 0 aliphatic heterocycles. The van der Waals surface area contributed by atoms with Gasteiger partial charge in [-0.05, 0) is 68.5 Å². The molecule has 3 rings (SSSR count). The number of hydrogen-bond acceptors (Lipinski definition) is 7. The maximum absolute atomic E-state index is 13.3. The largest absolute Gasteiger partial charge is 0.469 e. The van der Waals surface area contributed by atoms with Gasteiger partial charge < -0.3 is 36.7 Å². The van der Waals surface area contributed by atoms with Crippen LogP contribution in [-0.2, 0) is 43.4 Å². The maximum atomic E-state index is 13.3. The molecule has 2 atom stereocenters. The number of amides is 5. The molecule has 7 N–H and O–H groups in total. The predicted octanol–water partition coefficient (Wildman–Crippen LogP) is 0.606. The molecule has 12 nitrogen and oxygen atoms in total. The molecule has 232 valence electrons. The molecular weight excluding hydrogens is 552 g/mol. The van der Waals surface area contributed by atoms with Crippen LogP contribution in [0.2, 0.25) is 0 Å². The Morgan fingerprint density at radius 1 is 0.977 bits per heavy atom. The quantitative estimate of drug-likeness (QED) is 0.154. The summed E-state index contributed by atoms with van der Waals surface area (Å²) in [4.78, 5) is 62.4. The van der Waals surface area contributed by atoms with Crippen molar-refractivity contribution in [2.24, 2.45) is 11.7 Å². The smallest absolute Gasteiger partial charge is 0.243 e. The van der Waals surface area contributed by atoms with Gasteiger partial charge in [0, 0.05) is 31.5 Å². The molecule has 0 unspecified atom stereocenters. The summed E-state index contributed by atoms with van der Waals surface area (Å²) in [6, 6.07) is 9.19. The van der Waals surface area contributed by atoms with E-state index >= 15 is 0 Å². The van der Waals surface area contributed by atoms with E-state index < -0.39 is 29.8 Å². The highest BCUT2D eigenvalue weighted by molar-refractivity contribution is 5.89. The molecule has 0 spiro atoms. The van der Waals surface area contributed by atoms with Crippen LogP contribution in [0.4, 0.5) is 0 Å². The lowest BCUT2D eigenvalue weighted by Gasteiger charge is -2.28. The highest BCUT2D eigenvalue weighted by Crippen LogP contribution is 2.24. The van der Waals surface area contributed by atoms with Crippen molar-refractivity contribution in [3.8, 4) is 0 Å². The van der Waals surface area contributed by atoms with Crippen LogP contribution >= 0.6 is 0 Å². The van der Waals surface area contributed by atoms with Crippen LogP contribution < -0.4 is 32.3 Å². The fourth-order valence-electron chi connectivity index (χ4n) is 5.10. The number of carbonyl (C=O) groups excluding carboxylic acids is 5. The molecule has 0 bridgehead atoms. The van der Waals surface area contributed by atoms with Gasteiger partial charge in [0.2, 0.25) is 29.5 Å². The number of hydrogen-bond donors (Lipinski definition) is 6. The highest BCUT2D eigenvalue weighted by Gasteiger charge is 2.30. The minimum Gasteiger partial charge on any atom is -0.469 e. The molecule has 1 aromatic carbocycles. The number of benzene rings is 1. The van der Waals surface area contributed by atoms with E-state index in [-0.39, 0.29) is 50.1 Å². The summed E-state index contributed by atoms with van der Waals surface area (Å²) in [6.45, 7) is 3.61. The van der Waals surface area contributed by atoms with E-state index in [0.717, 1.165) is 31.8 Å². The molecule has 12 heteroatoms. The molecule has 43 heavy (non-hydrogen) atoms. The normalized spacial score (nSPS) is 17.6. The first-order chi connectivity index (χ1) is 20.7. The Hall–Kier alpha value is -4.45. The Morgan fingerprint density at radius 3 is 2.33 bits per heavy atom. The van der Waals surface area contributed by atoms with E-state index in [2.05, 4.69) is 33.2 Å². The predicted molar refractivity (Wildman–Crippen MR) is 160 cm³/mol. The van der Waals surface area contributed by atoms with Crippen molar-refractivity contribution in [3.63, 3.8) is 0 Å². The van der Waals surface area contributed by atoms with Crippen LogP contribution in [0.25, 0.3) is 0 Å². The Bertz CT molecular complexity index is 1260. The minimum atomic E-state index is -0.969. The second-order valence-corrected chi connectivity index (χ2v) is 10.7. The third kappa shape index (κ3) is 10.7. The zero-order chi connectivity index (χ0) is 31.2. The Morgan fingerprint density at radius 2 is 1.70 bits per heavy atom. The van der Waals surface area contributed by atoms with Crippen molar-refractivity contribution in [2.45, 2.75) is 69.6 Å². The van der Waals surface area contributed by atoms with Crippen LogP contribution in [0.15, 0.2) is 59.7 Å². The van der Waals surface area contributed by atoms with Gasteiger partial charge in [-0.15, -0.1) is 0 Å². The third-order valence-electron chi connectivity index (χ3n) is 7.64. The molecule has 5 amide bonds. The van der Waals surface area contributed by atoms with Crippen LogP contribution in [-0.4, -0.2) is 61.3 Å². The van der Waals surface area contributed by atoms with Gasteiger partial charge >= 0.3 is 0 Å². The van der Waals surface area contributed by atoms with Gasteiger partial charge in [0.05, 0.1) is 12.7 Å². The summed E-state index contributed by atoms with van der Waals surface area (Å²) in [6.07, 6.45) is 6.20. The van der Waals surface area contributed by atoms with Crippen molar-refractivity contribution < 1.29 is 28.4 Å². The highest BCUT2D eigenvalue weighted by atomic mass is 16.3. The van der Waals surface area contributed by atoms with Gasteiger partial charge in [-0.2, -0.15) is 0 Å². The number of carbonyl (C=O) groups is 5. The van der Waals surface area contributed by atoms with Crippen LogP contribution in [0, 0.1) is 5.92 Å². The van der Waals surface area contributed by atoms with E-state index in [0.29, 0.717) is 22.9 Å². The van der Waals surface area contributed by atoms with Gasteiger partial charge in [-0.1, -0.05) is 30.8 Å². The molecular formula is C31H42N6O6. The van der Waals surface area contributed by atoms with Gasteiger partial charge in [0.25, 0.3) is 0 Å². The van der Waals surface area contributed by atoms with Crippen molar-refractivity contribution in [3.05, 3.63) is 72.2 Å². The van der Waals surface area contributed by atoms with E-state index in [9.17, 15) is 24.0 Å². The van der Waals surface area contributed by atoms with E-state index in [1.54, 1.807) is 36.4 Å². The average molecular weight is 595 g/mol. The molecule has 1 aliphatic rings. The lowest BCUT2D eigenvalue weighted by molar-refractivity contribution is -0.132. The van der Waals surface area contributed by atoms with Gasteiger partial charge in [-0.25, -0.2) is 0 Å².